The first-order valence-electron chi connectivity index (χ1n) is 16.7. The van der Waals surface area contributed by atoms with E-state index in [9.17, 15) is 32.7 Å². The Morgan fingerprint density at radius 2 is 1.66 bits per heavy atom. The normalized spacial score (nSPS) is 19.7. The van der Waals surface area contributed by atoms with Gasteiger partial charge in [-0.25, -0.2) is 4.79 Å². The Bertz CT molecular complexity index is 1590. The maximum absolute atomic E-state index is 14.3. The lowest BCUT2D eigenvalue weighted by molar-refractivity contribution is -0.137. The number of urea groups is 1. The number of nitrogens with one attached hydrogen (secondary N) is 2. The third-order valence-corrected chi connectivity index (χ3v) is 8.60. The van der Waals surface area contributed by atoms with E-state index in [1.807, 2.05) is 19.9 Å². The zero-order valence-corrected chi connectivity index (χ0v) is 28.7. The fourth-order valence-electron chi connectivity index (χ4n) is 5.65. The van der Waals surface area contributed by atoms with E-state index in [1.165, 1.54) is 11.0 Å². The zero-order chi connectivity index (χ0) is 36.4. The minimum Gasteiger partial charge on any atom is -0.490 e. The van der Waals surface area contributed by atoms with E-state index in [2.05, 4.69) is 10.6 Å². The van der Waals surface area contributed by atoms with Crippen LogP contribution in [0.15, 0.2) is 72.8 Å². The summed E-state index contributed by atoms with van der Waals surface area (Å²) in [5.41, 5.74) is 0.251. The Morgan fingerprint density at radius 1 is 1.00 bits per heavy atom. The van der Waals surface area contributed by atoms with Crippen molar-refractivity contribution in [3.8, 4) is 5.75 Å². The number of anilines is 2. The van der Waals surface area contributed by atoms with E-state index < -0.39 is 35.8 Å². The van der Waals surface area contributed by atoms with Crippen molar-refractivity contribution in [3.05, 3.63) is 89.5 Å². The van der Waals surface area contributed by atoms with Crippen LogP contribution in [0.25, 0.3) is 0 Å². The van der Waals surface area contributed by atoms with Gasteiger partial charge in [-0.1, -0.05) is 25.1 Å². The van der Waals surface area contributed by atoms with Gasteiger partial charge >= 0.3 is 12.2 Å². The molecule has 3 aromatic carbocycles. The largest absolute Gasteiger partial charge is 0.490 e. The number of carbonyl (C=O) groups excluding carboxylic acids is 3. The Balaban J connectivity index is 1.59. The summed E-state index contributed by atoms with van der Waals surface area (Å²) in [7, 11) is 1.72. The van der Waals surface area contributed by atoms with Crippen LogP contribution in [-0.4, -0.2) is 84.4 Å². The van der Waals surface area contributed by atoms with Crippen LogP contribution in [0.5, 0.6) is 5.75 Å². The van der Waals surface area contributed by atoms with Crippen molar-refractivity contribution in [1.29, 1.82) is 0 Å². The predicted octanol–water partition coefficient (Wildman–Crippen LogP) is 6.92. The molecule has 1 aliphatic rings. The van der Waals surface area contributed by atoms with Gasteiger partial charge in [-0.05, 0) is 87.7 Å². The lowest BCUT2D eigenvalue weighted by atomic mass is 10.0. The van der Waals surface area contributed by atoms with Crippen molar-refractivity contribution in [2.75, 3.05) is 44.0 Å². The molecule has 1 aliphatic heterocycles. The molecule has 1 heterocycles. The van der Waals surface area contributed by atoms with E-state index in [0.29, 0.717) is 24.3 Å². The Kier molecular flexibility index (Phi) is 13.3. The topological polar surface area (TPSA) is 120 Å². The van der Waals surface area contributed by atoms with Crippen molar-refractivity contribution < 1.29 is 42.1 Å². The minimum absolute atomic E-state index is 0.145. The number of aliphatic hydroxyl groups excluding tert-OH is 1. The fraction of sp³-hybridized carbons (Fsp3) is 0.432. The molecule has 13 heteroatoms. The van der Waals surface area contributed by atoms with Crippen molar-refractivity contribution in [1.82, 2.24) is 9.80 Å². The number of aliphatic hydroxyl groups is 1. The highest BCUT2D eigenvalue weighted by atomic mass is 19.4. The summed E-state index contributed by atoms with van der Waals surface area (Å²) in [5, 5.41) is 15.3. The van der Waals surface area contributed by atoms with Gasteiger partial charge in [-0.2, -0.15) is 13.2 Å². The fourth-order valence-corrected chi connectivity index (χ4v) is 5.65. The van der Waals surface area contributed by atoms with Crippen LogP contribution in [0.2, 0.25) is 0 Å². The smallest absolute Gasteiger partial charge is 0.416 e. The number of fused-ring (bicyclic) bond motifs is 1. The van der Waals surface area contributed by atoms with Crippen molar-refractivity contribution >= 4 is 29.2 Å². The molecule has 0 aromatic heterocycles. The molecular weight excluding hydrogens is 653 g/mol. The number of amides is 4. The third kappa shape index (κ3) is 10.4. The Morgan fingerprint density at radius 3 is 2.32 bits per heavy atom. The van der Waals surface area contributed by atoms with Gasteiger partial charge in [-0.3, -0.25) is 9.59 Å². The first-order chi connectivity index (χ1) is 23.8. The quantitative estimate of drug-likeness (QED) is 0.247. The molecule has 0 spiro atoms. The monoisotopic (exact) mass is 698 g/mol. The van der Waals surface area contributed by atoms with Gasteiger partial charge in [0.1, 0.15) is 5.75 Å². The number of hydrogen-bond donors (Lipinski definition) is 3. The van der Waals surface area contributed by atoms with E-state index in [4.69, 9.17) is 9.47 Å². The summed E-state index contributed by atoms with van der Waals surface area (Å²) in [6.45, 7) is 6.15. The summed E-state index contributed by atoms with van der Waals surface area (Å²) in [6, 6.07) is 16.3. The number of likely N-dealkylation sites (N-methyl/N-ethyl adjacent to an activating group) is 1. The second kappa shape index (κ2) is 17.3. The minimum atomic E-state index is -4.51. The van der Waals surface area contributed by atoms with Crippen LogP contribution < -0.4 is 15.4 Å². The highest BCUT2D eigenvalue weighted by molar-refractivity contribution is 6.02. The van der Waals surface area contributed by atoms with Gasteiger partial charge in [0.25, 0.3) is 11.8 Å². The molecule has 0 saturated heterocycles. The summed E-state index contributed by atoms with van der Waals surface area (Å²) in [4.78, 5) is 43.5. The summed E-state index contributed by atoms with van der Waals surface area (Å²) in [6.07, 6.45) is -2.97. The number of benzene rings is 3. The molecule has 0 unspecified atom stereocenters. The molecule has 4 rings (SSSR count). The summed E-state index contributed by atoms with van der Waals surface area (Å²) in [5.74, 6) is -0.560. The van der Waals surface area contributed by atoms with Crippen LogP contribution in [0.3, 0.4) is 0 Å². The molecule has 3 aromatic rings. The molecule has 50 heavy (non-hydrogen) atoms. The van der Waals surface area contributed by atoms with Crippen LogP contribution in [0.4, 0.5) is 29.3 Å². The van der Waals surface area contributed by atoms with Gasteiger partial charge in [0.2, 0.25) is 0 Å². The maximum Gasteiger partial charge on any atom is 0.416 e. The number of carbonyl (C=O) groups is 3. The summed E-state index contributed by atoms with van der Waals surface area (Å²) < 4.78 is 51.4. The van der Waals surface area contributed by atoms with Crippen molar-refractivity contribution in [3.63, 3.8) is 0 Å². The average molecular weight is 699 g/mol. The maximum atomic E-state index is 14.3. The second-order valence-electron chi connectivity index (χ2n) is 12.7. The molecular formula is C37H45F3N4O6. The average Bonchev–Trinajstić information content (AvgIpc) is 3.09. The lowest BCUT2D eigenvalue weighted by Gasteiger charge is -2.36. The van der Waals surface area contributed by atoms with E-state index >= 15 is 0 Å². The Labute approximate surface area is 290 Å². The zero-order valence-electron chi connectivity index (χ0n) is 28.7. The van der Waals surface area contributed by atoms with E-state index in [1.54, 1.807) is 55.3 Å². The van der Waals surface area contributed by atoms with Gasteiger partial charge in [0.15, 0.2) is 0 Å². The van der Waals surface area contributed by atoms with Gasteiger partial charge in [0.05, 0.1) is 36.0 Å². The second-order valence-corrected chi connectivity index (χ2v) is 12.7. The molecule has 0 bridgehead atoms. The highest BCUT2D eigenvalue weighted by Gasteiger charge is 2.32. The number of rotatable bonds is 7. The SMILES string of the molecule is C[C@@H]1CCCCO[C@@H](CN(C)C(=O)c2ccccc2)[C@@H](C)CN([C@@H](C)CO)C(=O)c2cc(NC(=O)Nc3ccc(C(F)(F)F)cc3)ccc2O1. The number of halogens is 3. The molecule has 0 saturated carbocycles. The van der Waals surface area contributed by atoms with Crippen LogP contribution in [0, 0.1) is 5.92 Å². The standard InChI is InChI=1S/C37H45F3N4O6/c1-24-21-44(25(2)23-45)35(47)31-20-30(42-36(48)41-29-15-13-28(14-16-29)37(38,39)40)17-18-32(31)50-26(3)10-8-9-19-49-33(24)22-43(4)34(46)27-11-6-5-7-12-27/h5-7,11-18,20,24-26,33,45H,8-10,19,21-23H2,1-4H3,(H2,41,42,48)/t24-,25-,26+,33-/m0/s1. The molecule has 10 nitrogen and oxygen atoms in total. The molecule has 3 N–H and O–H groups in total. The van der Waals surface area contributed by atoms with Crippen molar-refractivity contribution in [2.24, 2.45) is 5.92 Å². The first kappa shape index (κ1) is 38.2. The lowest BCUT2D eigenvalue weighted by Crippen LogP contribution is -2.48. The third-order valence-electron chi connectivity index (χ3n) is 8.60. The van der Waals surface area contributed by atoms with Gasteiger partial charge < -0.3 is 35.0 Å². The van der Waals surface area contributed by atoms with Crippen LogP contribution >= 0.6 is 0 Å². The first-order valence-corrected chi connectivity index (χ1v) is 16.7. The predicted molar refractivity (Wildman–Crippen MR) is 184 cm³/mol. The summed E-state index contributed by atoms with van der Waals surface area (Å²) >= 11 is 0. The highest BCUT2D eigenvalue weighted by Crippen LogP contribution is 2.31. The number of ether oxygens (including phenoxy) is 2. The number of nitrogens with zero attached hydrogens (tertiary/aromatic N) is 2. The number of hydrogen-bond acceptors (Lipinski definition) is 6. The van der Waals surface area contributed by atoms with E-state index in [-0.39, 0.29) is 54.6 Å². The molecule has 4 amide bonds. The molecule has 0 radical (unpaired) electrons. The van der Waals surface area contributed by atoms with E-state index in [0.717, 1.165) is 37.1 Å². The van der Waals surface area contributed by atoms with Crippen LogP contribution in [-0.2, 0) is 10.9 Å². The van der Waals surface area contributed by atoms with Gasteiger partial charge in [0, 0.05) is 49.6 Å². The van der Waals surface area contributed by atoms with Crippen LogP contribution in [0.1, 0.15) is 66.3 Å². The Hall–Kier alpha value is -4.62. The molecule has 0 fully saturated rings. The molecule has 4 atom stereocenters. The molecule has 270 valence electrons. The molecule has 0 aliphatic carbocycles. The van der Waals surface area contributed by atoms with Crippen molar-refractivity contribution in [2.45, 2.75) is 64.5 Å². The number of alkyl halides is 3. The van der Waals surface area contributed by atoms with Gasteiger partial charge in [-0.15, -0.1) is 0 Å².